The van der Waals surface area contributed by atoms with Crippen molar-refractivity contribution in [3.63, 3.8) is 0 Å². The zero-order chi connectivity index (χ0) is 18.7. The van der Waals surface area contributed by atoms with Crippen LogP contribution in [0.25, 0.3) is 0 Å². The first-order valence-corrected chi connectivity index (χ1v) is 8.40. The quantitative estimate of drug-likeness (QED) is 0.453. The Bertz CT molecular complexity index is 874. The van der Waals surface area contributed by atoms with Gasteiger partial charge in [0.05, 0.1) is 24.2 Å². The maximum absolute atomic E-state index is 12.4. The second-order valence-corrected chi connectivity index (χ2v) is 5.91. The standard InChI is InChI=1S/C20H19NO5/c1-3-25-16-6-4-5-7-17(16)26-18(22)10-11-21-19(23)14-9-8-13(2)12-15(14)20(21)24/h4-9,12H,3,10-11H2,1-2H3. The van der Waals surface area contributed by atoms with Crippen molar-refractivity contribution in [3.05, 3.63) is 59.2 Å². The molecule has 6 heteroatoms. The highest BCUT2D eigenvalue weighted by Crippen LogP contribution is 2.27. The average molecular weight is 353 g/mol. The fourth-order valence-electron chi connectivity index (χ4n) is 2.79. The highest BCUT2D eigenvalue weighted by Gasteiger charge is 2.35. The van der Waals surface area contributed by atoms with E-state index in [0.29, 0.717) is 29.2 Å². The van der Waals surface area contributed by atoms with Crippen LogP contribution in [0, 0.1) is 6.92 Å². The van der Waals surface area contributed by atoms with Crippen molar-refractivity contribution in [2.75, 3.05) is 13.2 Å². The van der Waals surface area contributed by atoms with Gasteiger partial charge in [0, 0.05) is 6.54 Å². The van der Waals surface area contributed by atoms with Gasteiger partial charge in [-0.15, -0.1) is 0 Å². The van der Waals surface area contributed by atoms with Crippen molar-refractivity contribution < 1.29 is 23.9 Å². The third-order valence-electron chi connectivity index (χ3n) is 4.04. The van der Waals surface area contributed by atoms with Crippen LogP contribution < -0.4 is 9.47 Å². The van der Waals surface area contributed by atoms with Crippen LogP contribution in [-0.2, 0) is 4.79 Å². The number of benzene rings is 2. The number of rotatable bonds is 6. The number of aryl methyl sites for hydroxylation is 1. The number of carbonyl (C=O) groups is 3. The normalized spacial score (nSPS) is 12.9. The molecule has 2 aromatic rings. The van der Waals surface area contributed by atoms with Crippen molar-refractivity contribution in [1.29, 1.82) is 0 Å². The van der Waals surface area contributed by atoms with Gasteiger partial charge in [0.2, 0.25) is 0 Å². The monoisotopic (exact) mass is 353 g/mol. The molecule has 0 radical (unpaired) electrons. The third-order valence-corrected chi connectivity index (χ3v) is 4.04. The minimum Gasteiger partial charge on any atom is -0.490 e. The summed E-state index contributed by atoms with van der Waals surface area (Å²) in [7, 11) is 0. The van der Waals surface area contributed by atoms with E-state index < -0.39 is 5.97 Å². The lowest BCUT2D eigenvalue weighted by atomic mass is 10.1. The van der Waals surface area contributed by atoms with Crippen molar-refractivity contribution in [3.8, 4) is 11.5 Å². The van der Waals surface area contributed by atoms with Gasteiger partial charge < -0.3 is 9.47 Å². The van der Waals surface area contributed by atoms with Gasteiger partial charge in [0.1, 0.15) is 0 Å². The summed E-state index contributed by atoms with van der Waals surface area (Å²) in [4.78, 5) is 38.0. The number of ether oxygens (including phenoxy) is 2. The fourth-order valence-corrected chi connectivity index (χ4v) is 2.79. The summed E-state index contributed by atoms with van der Waals surface area (Å²) in [6.45, 7) is 4.11. The van der Waals surface area contributed by atoms with Crippen molar-refractivity contribution in [2.24, 2.45) is 0 Å². The summed E-state index contributed by atoms with van der Waals surface area (Å²) in [6, 6.07) is 12.0. The van der Waals surface area contributed by atoms with Crippen molar-refractivity contribution >= 4 is 17.8 Å². The molecular formula is C20H19NO5. The molecule has 0 N–H and O–H groups in total. The molecule has 26 heavy (non-hydrogen) atoms. The molecule has 1 aliphatic rings. The Hall–Kier alpha value is -3.15. The minimum atomic E-state index is -0.537. The number of imide groups is 1. The molecule has 0 atom stereocenters. The predicted octanol–water partition coefficient (Wildman–Crippen LogP) is 2.99. The molecule has 2 amide bonds. The molecule has 1 aliphatic heterocycles. The molecule has 134 valence electrons. The highest BCUT2D eigenvalue weighted by molar-refractivity contribution is 6.21. The second-order valence-electron chi connectivity index (χ2n) is 5.91. The Labute approximate surface area is 151 Å². The lowest BCUT2D eigenvalue weighted by Crippen LogP contribution is -2.32. The van der Waals surface area contributed by atoms with E-state index in [1.165, 1.54) is 0 Å². The number of nitrogens with zero attached hydrogens (tertiary/aromatic N) is 1. The Morgan fingerprint density at radius 1 is 1.00 bits per heavy atom. The number of hydrogen-bond donors (Lipinski definition) is 0. The molecule has 0 bridgehead atoms. The molecule has 0 saturated heterocycles. The highest BCUT2D eigenvalue weighted by atomic mass is 16.6. The lowest BCUT2D eigenvalue weighted by molar-refractivity contribution is -0.134. The first-order chi connectivity index (χ1) is 12.5. The van der Waals surface area contributed by atoms with Crippen molar-refractivity contribution in [1.82, 2.24) is 4.90 Å². The van der Waals surface area contributed by atoms with E-state index in [4.69, 9.17) is 9.47 Å². The Kier molecular flexibility index (Phi) is 5.02. The van der Waals surface area contributed by atoms with E-state index in [1.54, 1.807) is 42.5 Å². The number of fused-ring (bicyclic) bond motifs is 1. The van der Waals surface area contributed by atoms with Crippen LogP contribution in [0.15, 0.2) is 42.5 Å². The van der Waals surface area contributed by atoms with Gasteiger partial charge in [0.15, 0.2) is 11.5 Å². The van der Waals surface area contributed by atoms with Crippen LogP contribution in [-0.4, -0.2) is 35.8 Å². The molecule has 3 rings (SSSR count). The van der Waals surface area contributed by atoms with E-state index in [2.05, 4.69) is 0 Å². The van der Waals surface area contributed by atoms with Gasteiger partial charge in [-0.3, -0.25) is 19.3 Å². The van der Waals surface area contributed by atoms with Crippen LogP contribution >= 0.6 is 0 Å². The summed E-state index contributed by atoms with van der Waals surface area (Å²) in [5.74, 6) is -0.509. The summed E-state index contributed by atoms with van der Waals surface area (Å²) in [5, 5.41) is 0. The molecular weight excluding hydrogens is 334 g/mol. The zero-order valence-corrected chi connectivity index (χ0v) is 14.7. The Morgan fingerprint density at radius 2 is 1.69 bits per heavy atom. The molecule has 0 aliphatic carbocycles. The third kappa shape index (κ3) is 3.44. The lowest BCUT2D eigenvalue weighted by Gasteiger charge is -2.14. The van der Waals surface area contributed by atoms with Crippen LogP contribution in [0.3, 0.4) is 0 Å². The molecule has 0 saturated carbocycles. The topological polar surface area (TPSA) is 72.9 Å². The summed E-state index contributed by atoms with van der Waals surface area (Å²) in [5.41, 5.74) is 1.65. The molecule has 1 heterocycles. The summed E-state index contributed by atoms with van der Waals surface area (Å²) < 4.78 is 10.7. The first-order valence-electron chi connectivity index (χ1n) is 8.40. The molecule has 0 unspecified atom stereocenters. The van der Waals surface area contributed by atoms with Gasteiger partial charge in [-0.2, -0.15) is 0 Å². The van der Waals surface area contributed by atoms with E-state index in [-0.39, 0.29) is 24.8 Å². The van der Waals surface area contributed by atoms with Gasteiger partial charge in [0.25, 0.3) is 11.8 Å². The predicted molar refractivity (Wildman–Crippen MR) is 94.4 cm³/mol. The van der Waals surface area contributed by atoms with Gasteiger partial charge in [-0.25, -0.2) is 0 Å². The molecule has 6 nitrogen and oxygen atoms in total. The fraction of sp³-hybridized carbons (Fsp3) is 0.250. The van der Waals surface area contributed by atoms with E-state index >= 15 is 0 Å². The number of carbonyl (C=O) groups excluding carboxylic acids is 3. The molecule has 0 fully saturated rings. The Balaban J connectivity index is 1.64. The molecule has 0 aromatic heterocycles. The van der Waals surface area contributed by atoms with E-state index in [9.17, 15) is 14.4 Å². The van der Waals surface area contributed by atoms with Crippen LogP contribution in [0.1, 0.15) is 39.6 Å². The Morgan fingerprint density at radius 3 is 2.42 bits per heavy atom. The molecule has 0 spiro atoms. The number of amides is 2. The zero-order valence-electron chi connectivity index (χ0n) is 14.7. The maximum atomic E-state index is 12.4. The van der Waals surface area contributed by atoms with Crippen molar-refractivity contribution in [2.45, 2.75) is 20.3 Å². The summed E-state index contributed by atoms with van der Waals surface area (Å²) >= 11 is 0. The van der Waals surface area contributed by atoms with Gasteiger partial charge in [-0.1, -0.05) is 23.8 Å². The van der Waals surface area contributed by atoms with E-state index in [0.717, 1.165) is 10.5 Å². The van der Waals surface area contributed by atoms with Gasteiger partial charge >= 0.3 is 5.97 Å². The number of esters is 1. The number of para-hydroxylation sites is 2. The smallest absolute Gasteiger partial charge is 0.313 e. The van der Waals surface area contributed by atoms with Crippen LogP contribution in [0.2, 0.25) is 0 Å². The first kappa shape index (κ1) is 17.7. The average Bonchev–Trinajstić information content (AvgIpc) is 2.85. The largest absolute Gasteiger partial charge is 0.490 e. The van der Waals surface area contributed by atoms with E-state index in [1.807, 2.05) is 13.8 Å². The molecule has 2 aromatic carbocycles. The maximum Gasteiger partial charge on any atom is 0.313 e. The summed E-state index contributed by atoms with van der Waals surface area (Å²) in [6.07, 6.45) is -0.0924. The van der Waals surface area contributed by atoms with Gasteiger partial charge in [-0.05, 0) is 38.1 Å². The number of hydrogen-bond acceptors (Lipinski definition) is 5. The van der Waals surface area contributed by atoms with Crippen LogP contribution in [0.5, 0.6) is 11.5 Å². The van der Waals surface area contributed by atoms with Crippen LogP contribution in [0.4, 0.5) is 0 Å². The minimum absolute atomic E-state index is 0.0268. The SMILES string of the molecule is CCOc1ccccc1OC(=O)CCN1C(=O)c2ccc(C)cc2C1=O. The second kappa shape index (κ2) is 7.39.